The summed E-state index contributed by atoms with van der Waals surface area (Å²) in [5.74, 6) is -0.553. The van der Waals surface area contributed by atoms with Crippen LogP contribution in [-0.2, 0) is 27.9 Å². The second kappa shape index (κ2) is 56.2. The first-order chi connectivity index (χ1) is 37.4. The highest BCUT2D eigenvalue weighted by Crippen LogP contribution is 2.43. The van der Waals surface area contributed by atoms with Gasteiger partial charge in [0.1, 0.15) is 19.3 Å². The summed E-state index contributed by atoms with van der Waals surface area (Å²) in [6.45, 7) is 6.92. The largest absolute Gasteiger partial charge is 0.472 e. The van der Waals surface area contributed by atoms with Crippen LogP contribution in [0.25, 0.3) is 0 Å². The number of phosphoric acid groups is 1. The maximum atomic E-state index is 13.5. The Morgan fingerprint density at radius 3 is 1.22 bits per heavy atom. The van der Waals surface area contributed by atoms with E-state index in [1.54, 1.807) is 0 Å². The molecule has 10 heteroatoms. The topological polar surface area (TPSA) is 111 Å². The molecule has 3 unspecified atom stereocenters. The summed E-state index contributed by atoms with van der Waals surface area (Å²) < 4.78 is 30.7. The van der Waals surface area contributed by atoms with Crippen molar-refractivity contribution in [1.29, 1.82) is 0 Å². The first kappa shape index (κ1) is 73.9. The quantitative estimate of drug-likeness (QED) is 0.0205. The van der Waals surface area contributed by atoms with Gasteiger partial charge in [-0.1, -0.05) is 234 Å². The Labute approximate surface area is 475 Å². The van der Waals surface area contributed by atoms with Crippen molar-refractivity contribution in [2.24, 2.45) is 0 Å². The molecular formula is C67H120N2O7P+. The number of hydrogen-bond acceptors (Lipinski definition) is 6. The number of carbonyl (C=O) groups excluding carboxylic acids is 2. The third-order valence-corrected chi connectivity index (χ3v) is 14.5. The van der Waals surface area contributed by atoms with Crippen molar-refractivity contribution in [1.82, 2.24) is 5.32 Å². The minimum absolute atomic E-state index is 0.0280. The number of quaternary nitrogens is 1. The van der Waals surface area contributed by atoms with Gasteiger partial charge in [0.05, 0.1) is 33.8 Å². The lowest BCUT2D eigenvalue weighted by molar-refractivity contribution is -0.870. The lowest BCUT2D eigenvalue weighted by atomic mass is 10.1. The fourth-order valence-electron chi connectivity index (χ4n) is 8.58. The van der Waals surface area contributed by atoms with Gasteiger partial charge in [0, 0.05) is 12.8 Å². The van der Waals surface area contributed by atoms with Crippen molar-refractivity contribution < 1.29 is 37.3 Å². The van der Waals surface area contributed by atoms with E-state index in [2.05, 4.69) is 111 Å². The predicted octanol–water partition coefficient (Wildman–Crippen LogP) is 19.6. The van der Waals surface area contributed by atoms with Crippen LogP contribution in [0, 0.1) is 0 Å². The molecule has 3 atom stereocenters. The van der Waals surface area contributed by atoms with E-state index in [-0.39, 0.29) is 37.9 Å². The van der Waals surface area contributed by atoms with Crippen molar-refractivity contribution in [3.05, 3.63) is 97.2 Å². The Bertz CT molecular complexity index is 1640. The molecule has 9 nitrogen and oxygen atoms in total. The summed E-state index contributed by atoms with van der Waals surface area (Å²) in [4.78, 5) is 37.7. The molecule has 0 aliphatic carbocycles. The Balaban J connectivity index is 5.28. The number of likely N-dealkylation sites (N-methyl/N-ethyl adjacent to an activating group) is 1. The van der Waals surface area contributed by atoms with Gasteiger partial charge in [0.25, 0.3) is 0 Å². The monoisotopic (exact) mass is 1100 g/mol. The van der Waals surface area contributed by atoms with Crippen molar-refractivity contribution >= 4 is 19.7 Å². The van der Waals surface area contributed by atoms with E-state index in [1.807, 2.05) is 33.3 Å². The zero-order valence-corrected chi connectivity index (χ0v) is 51.6. The van der Waals surface area contributed by atoms with Gasteiger partial charge >= 0.3 is 13.8 Å². The van der Waals surface area contributed by atoms with Crippen LogP contribution < -0.4 is 5.32 Å². The minimum atomic E-state index is -4.46. The number of allylic oxidation sites excluding steroid dienone is 15. The van der Waals surface area contributed by atoms with Crippen LogP contribution in [0.2, 0.25) is 0 Å². The van der Waals surface area contributed by atoms with Gasteiger partial charge in [-0.15, -0.1) is 0 Å². The standard InChI is InChI=1S/C67H119N2O7P/c1-7-10-13-16-19-22-25-27-29-31-33-34-36-38-40-42-45-48-51-54-57-60-67(71)76-65(58-55-52-49-46-43-24-21-18-15-12-9-3)64(63-75-77(72,73)74-62-61-69(4,5)6)68-66(70)59-56-53-50-47-44-41-39-37-35-32-30-28-26-23-20-17-14-11-8-2/h19-20,22-23,27-30,33-35,37,41,44,55,58,64-65H,7-18,21,24-26,31-32,36,38-40,42-43,45-54,56-57,59-63H2,1-6H3,(H-,68,70,72,73)/p+1/b22-19-,23-20-,29-27-,30-28-,34-33-,37-35-,44-41-,58-55+. The van der Waals surface area contributed by atoms with Crippen LogP contribution in [0.15, 0.2) is 97.2 Å². The molecule has 0 fully saturated rings. The summed E-state index contributed by atoms with van der Waals surface area (Å²) >= 11 is 0. The normalized spacial score (nSPS) is 14.3. The first-order valence-electron chi connectivity index (χ1n) is 31.6. The smallest absolute Gasteiger partial charge is 0.456 e. The second-order valence-corrected chi connectivity index (χ2v) is 23.7. The number of ether oxygens (including phenoxy) is 1. The first-order valence-corrected chi connectivity index (χ1v) is 33.1. The number of carbonyl (C=O) groups is 2. The summed E-state index contributed by atoms with van der Waals surface area (Å²) in [6.07, 6.45) is 75.5. The van der Waals surface area contributed by atoms with E-state index < -0.39 is 20.0 Å². The van der Waals surface area contributed by atoms with Gasteiger partial charge in [-0.25, -0.2) is 4.57 Å². The molecule has 0 aromatic rings. The number of amides is 1. The molecule has 0 aromatic carbocycles. The highest BCUT2D eigenvalue weighted by atomic mass is 31.2. The average Bonchev–Trinajstić information content (AvgIpc) is 3.39. The SMILES string of the molecule is CCCCC/C=C\C/C=C\C/C=C\C/C=C\CCCCCC(=O)NC(COP(=O)(O)OCC[N+](C)(C)C)C(/C=C/CCCCCCCCCCC)OC(=O)CCCCCCCCCC/C=C\C/C=C\C/C=C\CCCCC. The number of esters is 1. The van der Waals surface area contributed by atoms with Gasteiger partial charge < -0.3 is 19.4 Å². The van der Waals surface area contributed by atoms with Crippen LogP contribution in [0.3, 0.4) is 0 Å². The van der Waals surface area contributed by atoms with Gasteiger partial charge in [0.2, 0.25) is 5.91 Å². The molecular weight excluding hydrogens is 976 g/mol. The van der Waals surface area contributed by atoms with Crippen LogP contribution in [-0.4, -0.2) is 74.3 Å². The number of rotatable bonds is 56. The maximum absolute atomic E-state index is 13.5. The van der Waals surface area contributed by atoms with Crippen molar-refractivity contribution in [3.63, 3.8) is 0 Å². The Hall–Kier alpha value is -3.07. The number of unbranched alkanes of at least 4 members (excludes halogenated alkanes) is 26. The number of nitrogens with one attached hydrogen (secondary N) is 1. The summed E-state index contributed by atoms with van der Waals surface area (Å²) in [7, 11) is 1.46. The predicted molar refractivity (Wildman–Crippen MR) is 332 cm³/mol. The van der Waals surface area contributed by atoms with E-state index in [4.69, 9.17) is 13.8 Å². The zero-order valence-electron chi connectivity index (χ0n) is 50.7. The van der Waals surface area contributed by atoms with E-state index in [0.717, 1.165) is 103 Å². The summed E-state index contributed by atoms with van der Waals surface area (Å²) in [6, 6.07) is -0.873. The van der Waals surface area contributed by atoms with Crippen LogP contribution in [0.4, 0.5) is 0 Å². The van der Waals surface area contributed by atoms with Crippen molar-refractivity contribution in [2.75, 3.05) is 40.9 Å². The zero-order chi connectivity index (χ0) is 56.4. The Morgan fingerprint density at radius 2 is 0.792 bits per heavy atom. The third kappa shape index (κ3) is 57.4. The molecule has 0 spiro atoms. The van der Waals surface area contributed by atoms with E-state index >= 15 is 0 Å². The molecule has 0 bridgehead atoms. The van der Waals surface area contributed by atoms with Gasteiger partial charge in [-0.05, 0) is 115 Å². The van der Waals surface area contributed by atoms with E-state index in [0.29, 0.717) is 17.4 Å². The maximum Gasteiger partial charge on any atom is 0.472 e. The van der Waals surface area contributed by atoms with Gasteiger partial charge in [0.15, 0.2) is 0 Å². The fraction of sp³-hybridized carbons (Fsp3) is 0.731. The van der Waals surface area contributed by atoms with Gasteiger partial charge in [-0.2, -0.15) is 0 Å². The van der Waals surface area contributed by atoms with Gasteiger partial charge in [-0.3, -0.25) is 18.6 Å². The number of nitrogens with zero attached hydrogens (tertiary/aromatic N) is 1. The third-order valence-electron chi connectivity index (χ3n) is 13.5. The molecule has 77 heavy (non-hydrogen) atoms. The minimum Gasteiger partial charge on any atom is -0.456 e. The van der Waals surface area contributed by atoms with Crippen LogP contribution in [0.1, 0.15) is 265 Å². The van der Waals surface area contributed by atoms with Crippen LogP contribution >= 0.6 is 7.82 Å². The van der Waals surface area contributed by atoms with Crippen molar-refractivity contribution in [3.8, 4) is 0 Å². The van der Waals surface area contributed by atoms with E-state index in [9.17, 15) is 19.0 Å². The lowest BCUT2D eigenvalue weighted by Crippen LogP contribution is -2.47. The van der Waals surface area contributed by atoms with Crippen molar-refractivity contribution in [2.45, 2.75) is 277 Å². The highest BCUT2D eigenvalue weighted by molar-refractivity contribution is 7.47. The summed E-state index contributed by atoms with van der Waals surface area (Å²) in [5.41, 5.74) is 0. The fourth-order valence-corrected chi connectivity index (χ4v) is 9.31. The molecule has 2 N–H and O–H groups in total. The molecule has 0 saturated carbocycles. The molecule has 444 valence electrons. The summed E-state index contributed by atoms with van der Waals surface area (Å²) in [5, 5.41) is 3.03. The molecule has 0 rings (SSSR count). The lowest BCUT2D eigenvalue weighted by Gasteiger charge is -2.27. The molecule has 1 amide bonds. The Kier molecular flexibility index (Phi) is 54.0. The van der Waals surface area contributed by atoms with Crippen LogP contribution in [0.5, 0.6) is 0 Å². The molecule has 0 heterocycles. The average molecular weight is 1100 g/mol. The molecule has 0 aromatic heterocycles. The Morgan fingerprint density at radius 1 is 0.455 bits per heavy atom. The number of hydrogen-bond donors (Lipinski definition) is 2. The molecule has 0 saturated heterocycles. The molecule has 0 aliphatic rings. The molecule has 0 aliphatic heterocycles. The number of phosphoric ester groups is 1. The second-order valence-electron chi connectivity index (χ2n) is 22.2. The molecule has 0 radical (unpaired) electrons. The van der Waals surface area contributed by atoms with E-state index in [1.165, 1.54) is 122 Å². The highest BCUT2D eigenvalue weighted by Gasteiger charge is 2.30.